The molecule has 28 heavy (non-hydrogen) atoms. The molecular weight excluding hydrogens is 390 g/mol. The van der Waals surface area contributed by atoms with Gasteiger partial charge in [-0.3, -0.25) is 4.72 Å². The molecule has 7 heteroatoms. The maximum atomic E-state index is 13.2. The van der Waals surface area contributed by atoms with Crippen molar-refractivity contribution in [2.45, 2.75) is 18.7 Å². The Morgan fingerprint density at radius 3 is 2.46 bits per heavy atom. The summed E-state index contributed by atoms with van der Waals surface area (Å²) in [5.41, 5.74) is 3.76. The second kappa shape index (κ2) is 7.26. The Hall–Kier alpha value is -2.90. The smallest absolute Gasteiger partial charge is 0.265 e. The fourth-order valence-electron chi connectivity index (χ4n) is 2.98. The summed E-state index contributed by atoms with van der Waals surface area (Å²) in [6.07, 6.45) is 1.57. The summed E-state index contributed by atoms with van der Waals surface area (Å²) in [7, 11) is -3.82. The fraction of sp³-hybridized carbons (Fsp3) is 0.0952. The summed E-state index contributed by atoms with van der Waals surface area (Å²) < 4.78 is 30.8. The molecule has 0 saturated heterocycles. The molecule has 2 aromatic carbocycles. The molecule has 4 aromatic rings. The minimum absolute atomic E-state index is 0.152. The standard InChI is InChI=1S/C21H19N3O2S2/c1-15-10-11-18(16(2)13-15)23-28(25,26)20-14-24(17-7-4-3-5-8-17)22-21(20)19-9-6-12-27-19/h3-14,23H,1-2H3. The van der Waals surface area contributed by atoms with Gasteiger partial charge in [-0.1, -0.05) is 42.0 Å². The van der Waals surface area contributed by atoms with Crippen molar-refractivity contribution in [3.63, 3.8) is 0 Å². The number of aryl methyl sites for hydroxylation is 2. The summed E-state index contributed by atoms with van der Waals surface area (Å²) in [4.78, 5) is 0.953. The molecule has 2 aromatic heterocycles. The number of para-hydroxylation sites is 1. The van der Waals surface area contributed by atoms with Crippen LogP contribution in [0.3, 0.4) is 0 Å². The summed E-state index contributed by atoms with van der Waals surface area (Å²) in [5.74, 6) is 0. The number of rotatable bonds is 5. The number of nitrogens with zero attached hydrogens (tertiary/aromatic N) is 2. The van der Waals surface area contributed by atoms with Gasteiger partial charge in [-0.15, -0.1) is 11.3 Å². The number of hydrogen-bond acceptors (Lipinski definition) is 4. The van der Waals surface area contributed by atoms with Crippen molar-refractivity contribution in [3.8, 4) is 16.3 Å². The lowest BCUT2D eigenvalue weighted by Crippen LogP contribution is -2.14. The van der Waals surface area contributed by atoms with Crippen LogP contribution in [-0.4, -0.2) is 18.2 Å². The lowest BCUT2D eigenvalue weighted by molar-refractivity contribution is 0.601. The Labute approximate surface area is 168 Å². The Kier molecular flexibility index (Phi) is 4.78. The average Bonchev–Trinajstić information content (AvgIpc) is 3.34. The van der Waals surface area contributed by atoms with Crippen LogP contribution >= 0.6 is 11.3 Å². The van der Waals surface area contributed by atoms with Crippen molar-refractivity contribution < 1.29 is 8.42 Å². The van der Waals surface area contributed by atoms with Crippen LogP contribution in [0, 0.1) is 13.8 Å². The van der Waals surface area contributed by atoms with E-state index in [1.165, 1.54) is 11.3 Å². The molecule has 0 aliphatic rings. The van der Waals surface area contributed by atoms with Gasteiger partial charge >= 0.3 is 0 Å². The first-order valence-corrected chi connectivity index (χ1v) is 11.1. The zero-order chi connectivity index (χ0) is 19.7. The minimum atomic E-state index is -3.82. The van der Waals surface area contributed by atoms with Crippen molar-refractivity contribution in [3.05, 3.63) is 83.4 Å². The van der Waals surface area contributed by atoms with Crippen molar-refractivity contribution in [2.24, 2.45) is 0 Å². The van der Waals surface area contributed by atoms with Gasteiger partial charge in [0.05, 0.1) is 22.4 Å². The highest BCUT2D eigenvalue weighted by molar-refractivity contribution is 7.92. The van der Waals surface area contributed by atoms with E-state index in [1.54, 1.807) is 16.9 Å². The van der Waals surface area contributed by atoms with Crippen LogP contribution in [-0.2, 0) is 10.0 Å². The molecule has 0 unspecified atom stereocenters. The van der Waals surface area contributed by atoms with Gasteiger partial charge in [0.2, 0.25) is 0 Å². The monoisotopic (exact) mass is 409 g/mol. The van der Waals surface area contributed by atoms with E-state index in [-0.39, 0.29) is 4.90 Å². The average molecular weight is 410 g/mol. The van der Waals surface area contributed by atoms with E-state index in [9.17, 15) is 8.42 Å². The van der Waals surface area contributed by atoms with Crippen LogP contribution in [0.25, 0.3) is 16.3 Å². The van der Waals surface area contributed by atoms with Gasteiger partial charge in [0.15, 0.2) is 0 Å². The highest BCUT2D eigenvalue weighted by Crippen LogP contribution is 2.32. The molecule has 1 N–H and O–H groups in total. The molecule has 0 aliphatic carbocycles. The Morgan fingerprint density at radius 1 is 1.00 bits per heavy atom. The summed E-state index contributed by atoms with van der Waals surface area (Å²) >= 11 is 1.46. The van der Waals surface area contributed by atoms with Crippen LogP contribution in [0.2, 0.25) is 0 Å². The predicted molar refractivity (Wildman–Crippen MR) is 114 cm³/mol. The van der Waals surface area contributed by atoms with Crippen LogP contribution < -0.4 is 4.72 Å². The van der Waals surface area contributed by atoms with E-state index in [4.69, 9.17) is 0 Å². The van der Waals surface area contributed by atoms with E-state index in [0.29, 0.717) is 11.4 Å². The zero-order valence-corrected chi connectivity index (χ0v) is 17.1. The summed E-state index contributed by atoms with van der Waals surface area (Å²) in [5, 5.41) is 6.48. The molecule has 142 valence electrons. The number of anilines is 1. The normalized spacial score (nSPS) is 11.5. The molecule has 0 fully saturated rings. The number of nitrogens with one attached hydrogen (secondary N) is 1. The van der Waals surface area contributed by atoms with Gasteiger partial charge in [-0.2, -0.15) is 5.10 Å². The van der Waals surface area contributed by atoms with Crippen LogP contribution in [0.4, 0.5) is 5.69 Å². The van der Waals surface area contributed by atoms with E-state index in [0.717, 1.165) is 21.7 Å². The van der Waals surface area contributed by atoms with Crippen LogP contribution in [0.15, 0.2) is 77.1 Å². The molecule has 4 rings (SSSR count). The van der Waals surface area contributed by atoms with Gasteiger partial charge in [0.25, 0.3) is 10.0 Å². The van der Waals surface area contributed by atoms with E-state index in [2.05, 4.69) is 9.82 Å². The van der Waals surface area contributed by atoms with Crippen molar-refractivity contribution in [2.75, 3.05) is 4.72 Å². The third-order valence-corrected chi connectivity index (χ3v) is 6.61. The maximum Gasteiger partial charge on any atom is 0.265 e. The van der Waals surface area contributed by atoms with E-state index in [1.807, 2.05) is 73.8 Å². The highest BCUT2D eigenvalue weighted by atomic mass is 32.2. The SMILES string of the molecule is Cc1ccc(NS(=O)(=O)c2cn(-c3ccccc3)nc2-c2cccs2)c(C)c1. The van der Waals surface area contributed by atoms with Crippen molar-refractivity contribution in [1.29, 1.82) is 0 Å². The molecule has 2 heterocycles. The third-order valence-electron chi connectivity index (χ3n) is 4.37. The first kappa shape index (κ1) is 18.5. The number of sulfonamides is 1. The van der Waals surface area contributed by atoms with Gasteiger partial charge in [0, 0.05) is 0 Å². The number of thiophene rings is 1. The zero-order valence-electron chi connectivity index (χ0n) is 15.5. The van der Waals surface area contributed by atoms with Crippen molar-refractivity contribution >= 4 is 27.0 Å². The van der Waals surface area contributed by atoms with Crippen molar-refractivity contribution in [1.82, 2.24) is 9.78 Å². The minimum Gasteiger partial charge on any atom is -0.279 e. The number of benzene rings is 2. The van der Waals surface area contributed by atoms with Gasteiger partial charge in [-0.25, -0.2) is 13.1 Å². The Morgan fingerprint density at radius 2 is 1.79 bits per heavy atom. The number of aromatic nitrogens is 2. The quantitative estimate of drug-likeness (QED) is 0.503. The molecule has 5 nitrogen and oxygen atoms in total. The number of hydrogen-bond donors (Lipinski definition) is 1. The molecule has 0 atom stereocenters. The molecule has 0 amide bonds. The van der Waals surface area contributed by atoms with Crippen LogP contribution in [0.1, 0.15) is 11.1 Å². The second-order valence-corrected chi connectivity index (χ2v) is 9.12. The largest absolute Gasteiger partial charge is 0.279 e. The first-order valence-electron chi connectivity index (χ1n) is 8.73. The maximum absolute atomic E-state index is 13.2. The molecule has 0 radical (unpaired) electrons. The van der Waals surface area contributed by atoms with E-state index >= 15 is 0 Å². The summed E-state index contributed by atoms with van der Waals surface area (Å²) in [6, 6.07) is 18.9. The first-order chi connectivity index (χ1) is 13.4. The van der Waals surface area contributed by atoms with Gasteiger partial charge < -0.3 is 0 Å². The Balaban J connectivity index is 1.82. The highest BCUT2D eigenvalue weighted by Gasteiger charge is 2.25. The molecular formula is C21H19N3O2S2. The summed E-state index contributed by atoms with van der Waals surface area (Å²) in [6.45, 7) is 3.86. The third kappa shape index (κ3) is 3.58. The fourth-order valence-corrected chi connectivity index (χ4v) is 5.04. The molecule has 0 saturated carbocycles. The van der Waals surface area contributed by atoms with E-state index < -0.39 is 10.0 Å². The lowest BCUT2D eigenvalue weighted by atomic mass is 10.1. The molecule has 0 aliphatic heterocycles. The Bertz CT molecular complexity index is 1210. The topological polar surface area (TPSA) is 64.0 Å². The second-order valence-electron chi connectivity index (χ2n) is 6.52. The van der Waals surface area contributed by atoms with Crippen LogP contribution in [0.5, 0.6) is 0 Å². The molecule has 0 bridgehead atoms. The predicted octanol–water partition coefficient (Wildman–Crippen LogP) is 5.02. The van der Waals surface area contributed by atoms with Gasteiger partial charge in [0.1, 0.15) is 10.6 Å². The van der Waals surface area contributed by atoms with Gasteiger partial charge in [-0.05, 0) is 49.1 Å². The lowest BCUT2D eigenvalue weighted by Gasteiger charge is -2.10. The molecule has 0 spiro atoms.